The Bertz CT molecular complexity index is 1280. The van der Waals surface area contributed by atoms with Gasteiger partial charge in [-0.15, -0.1) is 0 Å². The van der Waals surface area contributed by atoms with Gasteiger partial charge in [0.2, 0.25) is 5.91 Å². The lowest BCUT2D eigenvalue weighted by atomic mass is 10.1. The SMILES string of the molecule is C[C@H](NC(=O)CN(c1cc(Cl)cc(Cl)c1)S(=O)(=O)c1ccccc1)c1ccc2c(c1)OCCO2. The van der Waals surface area contributed by atoms with Gasteiger partial charge in [-0.25, -0.2) is 8.42 Å². The van der Waals surface area contributed by atoms with Crippen LogP contribution in [-0.4, -0.2) is 34.1 Å². The number of ether oxygens (including phenoxy) is 2. The van der Waals surface area contributed by atoms with E-state index in [1.165, 1.54) is 30.3 Å². The first-order valence-corrected chi connectivity index (χ1v) is 12.7. The monoisotopic (exact) mass is 520 g/mol. The molecule has 3 aromatic rings. The average Bonchev–Trinajstić information content (AvgIpc) is 2.82. The molecule has 0 fully saturated rings. The molecule has 0 aliphatic carbocycles. The van der Waals surface area contributed by atoms with E-state index in [1.807, 2.05) is 6.07 Å². The summed E-state index contributed by atoms with van der Waals surface area (Å²) in [6, 6.07) is 17.2. The van der Waals surface area contributed by atoms with Gasteiger partial charge in [-0.1, -0.05) is 47.5 Å². The van der Waals surface area contributed by atoms with Gasteiger partial charge in [0.25, 0.3) is 10.0 Å². The van der Waals surface area contributed by atoms with Crippen LogP contribution in [0.15, 0.2) is 71.6 Å². The maximum Gasteiger partial charge on any atom is 0.264 e. The molecule has 0 saturated carbocycles. The van der Waals surface area contributed by atoms with Gasteiger partial charge in [-0.05, 0) is 55.0 Å². The van der Waals surface area contributed by atoms with E-state index >= 15 is 0 Å². The number of nitrogens with one attached hydrogen (secondary N) is 1. The molecule has 0 bridgehead atoms. The molecule has 4 rings (SSSR count). The highest BCUT2D eigenvalue weighted by atomic mass is 35.5. The first kappa shape index (κ1) is 24.2. The summed E-state index contributed by atoms with van der Waals surface area (Å²) in [4.78, 5) is 13.0. The number of fused-ring (bicyclic) bond motifs is 1. The van der Waals surface area contributed by atoms with Crippen molar-refractivity contribution in [3.8, 4) is 11.5 Å². The molecule has 34 heavy (non-hydrogen) atoms. The van der Waals surface area contributed by atoms with Crippen LogP contribution in [0.3, 0.4) is 0 Å². The third-order valence-corrected chi connectivity index (χ3v) is 7.42. The van der Waals surface area contributed by atoms with Crippen molar-refractivity contribution in [2.45, 2.75) is 17.9 Å². The highest BCUT2D eigenvalue weighted by molar-refractivity contribution is 7.92. The number of hydrogen-bond acceptors (Lipinski definition) is 5. The number of sulfonamides is 1. The largest absolute Gasteiger partial charge is 0.486 e. The third kappa shape index (κ3) is 5.41. The predicted octanol–water partition coefficient (Wildman–Crippen LogP) is 4.84. The molecule has 1 atom stereocenters. The van der Waals surface area contributed by atoms with E-state index in [2.05, 4.69) is 5.32 Å². The first-order chi connectivity index (χ1) is 16.2. The lowest BCUT2D eigenvalue weighted by Gasteiger charge is -2.26. The highest BCUT2D eigenvalue weighted by Gasteiger charge is 2.28. The number of nitrogens with zero attached hydrogens (tertiary/aromatic N) is 1. The van der Waals surface area contributed by atoms with Crippen LogP contribution < -0.4 is 19.1 Å². The van der Waals surface area contributed by atoms with Crippen LogP contribution in [0.2, 0.25) is 10.0 Å². The zero-order valence-electron chi connectivity index (χ0n) is 18.2. The summed E-state index contributed by atoms with van der Waals surface area (Å²) in [5.74, 6) is 0.746. The number of hydrogen-bond donors (Lipinski definition) is 1. The maximum atomic E-state index is 13.4. The zero-order chi connectivity index (χ0) is 24.3. The van der Waals surface area contributed by atoms with Crippen LogP contribution in [0.1, 0.15) is 18.5 Å². The minimum Gasteiger partial charge on any atom is -0.486 e. The number of halogens is 2. The Morgan fingerprint density at radius 1 is 0.971 bits per heavy atom. The molecule has 0 radical (unpaired) electrons. The molecule has 0 aromatic heterocycles. The van der Waals surface area contributed by atoms with Crippen LogP contribution in [0.5, 0.6) is 11.5 Å². The Hall–Kier alpha value is -2.94. The van der Waals surface area contributed by atoms with Crippen molar-refractivity contribution >= 4 is 44.8 Å². The van der Waals surface area contributed by atoms with Gasteiger partial charge in [-0.2, -0.15) is 0 Å². The van der Waals surface area contributed by atoms with Crippen LogP contribution in [0.25, 0.3) is 0 Å². The van der Waals surface area contributed by atoms with E-state index < -0.39 is 28.5 Å². The van der Waals surface area contributed by atoms with Crippen molar-refractivity contribution in [3.05, 3.63) is 82.3 Å². The first-order valence-electron chi connectivity index (χ1n) is 10.5. The van der Waals surface area contributed by atoms with E-state index in [9.17, 15) is 13.2 Å². The van der Waals surface area contributed by atoms with Gasteiger partial charge >= 0.3 is 0 Å². The Morgan fingerprint density at radius 2 is 1.62 bits per heavy atom. The summed E-state index contributed by atoms with van der Waals surface area (Å²) in [6.45, 7) is 2.27. The fraction of sp³-hybridized carbons (Fsp3) is 0.208. The molecule has 0 spiro atoms. The third-order valence-electron chi connectivity index (χ3n) is 5.20. The zero-order valence-corrected chi connectivity index (χ0v) is 20.5. The van der Waals surface area contributed by atoms with Crippen molar-refractivity contribution < 1.29 is 22.7 Å². The second-order valence-corrected chi connectivity index (χ2v) is 10.4. The summed E-state index contributed by atoms with van der Waals surface area (Å²) < 4.78 is 39.0. The Balaban J connectivity index is 1.59. The normalized spacial score (nSPS) is 13.7. The van der Waals surface area contributed by atoms with Crippen LogP contribution in [0, 0.1) is 0 Å². The van der Waals surface area contributed by atoms with Crippen molar-refractivity contribution in [2.75, 3.05) is 24.1 Å². The van der Waals surface area contributed by atoms with Gasteiger partial charge in [0.1, 0.15) is 19.8 Å². The van der Waals surface area contributed by atoms with Crippen LogP contribution >= 0.6 is 23.2 Å². The maximum absolute atomic E-state index is 13.4. The van der Waals surface area contributed by atoms with Crippen LogP contribution in [0.4, 0.5) is 5.69 Å². The average molecular weight is 521 g/mol. The topological polar surface area (TPSA) is 84.9 Å². The summed E-state index contributed by atoms with van der Waals surface area (Å²) in [7, 11) is -4.08. The Kier molecular flexibility index (Phi) is 7.21. The number of carbonyl (C=O) groups is 1. The van der Waals surface area contributed by atoms with Crippen molar-refractivity contribution in [1.82, 2.24) is 5.32 Å². The fourth-order valence-electron chi connectivity index (χ4n) is 3.55. The Morgan fingerprint density at radius 3 is 2.29 bits per heavy atom. The number of amides is 1. The molecule has 7 nitrogen and oxygen atoms in total. The van der Waals surface area contributed by atoms with E-state index in [0.29, 0.717) is 24.7 Å². The molecule has 1 aliphatic heterocycles. The molecular weight excluding hydrogens is 499 g/mol. The predicted molar refractivity (Wildman–Crippen MR) is 131 cm³/mol. The summed E-state index contributed by atoms with van der Waals surface area (Å²) in [6.07, 6.45) is 0. The molecule has 1 heterocycles. The number of carbonyl (C=O) groups excluding carboxylic acids is 1. The van der Waals surface area contributed by atoms with Crippen molar-refractivity contribution in [2.24, 2.45) is 0 Å². The quantitative estimate of drug-likeness (QED) is 0.481. The minimum absolute atomic E-state index is 0.0405. The van der Waals surface area contributed by atoms with E-state index in [-0.39, 0.29) is 20.6 Å². The highest BCUT2D eigenvalue weighted by Crippen LogP contribution is 2.33. The standard InChI is InChI=1S/C24H22Cl2N2O5S/c1-16(17-7-8-22-23(11-17)33-10-9-32-22)27-24(29)15-28(20-13-18(25)12-19(26)14-20)34(30,31)21-5-3-2-4-6-21/h2-8,11-14,16H,9-10,15H2,1H3,(H,27,29)/t16-/m0/s1. The molecule has 10 heteroatoms. The number of benzene rings is 3. The summed E-state index contributed by atoms with van der Waals surface area (Å²) in [5.41, 5.74) is 0.976. The molecule has 0 saturated heterocycles. The second-order valence-electron chi connectivity index (χ2n) is 7.64. The number of anilines is 1. The summed E-state index contributed by atoms with van der Waals surface area (Å²) in [5, 5.41) is 3.35. The van der Waals surface area contributed by atoms with Gasteiger partial charge in [-0.3, -0.25) is 9.10 Å². The molecule has 3 aromatic carbocycles. The smallest absolute Gasteiger partial charge is 0.264 e. The second kappa shape index (κ2) is 10.1. The molecule has 0 unspecified atom stereocenters. The number of rotatable bonds is 7. The lowest BCUT2D eigenvalue weighted by molar-refractivity contribution is -0.120. The van der Waals surface area contributed by atoms with Gasteiger partial charge in [0.05, 0.1) is 16.6 Å². The molecular formula is C24H22Cl2N2O5S. The van der Waals surface area contributed by atoms with Crippen LogP contribution in [-0.2, 0) is 14.8 Å². The van der Waals surface area contributed by atoms with E-state index in [0.717, 1.165) is 9.87 Å². The lowest BCUT2D eigenvalue weighted by Crippen LogP contribution is -2.41. The molecule has 178 valence electrons. The Labute approximate surface area is 208 Å². The minimum atomic E-state index is -4.08. The fourth-order valence-corrected chi connectivity index (χ4v) is 5.49. The van der Waals surface area contributed by atoms with Gasteiger partial charge in [0.15, 0.2) is 11.5 Å². The van der Waals surface area contributed by atoms with Gasteiger partial charge < -0.3 is 14.8 Å². The van der Waals surface area contributed by atoms with E-state index in [4.69, 9.17) is 32.7 Å². The van der Waals surface area contributed by atoms with Crippen molar-refractivity contribution in [3.63, 3.8) is 0 Å². The van der Waals surface area contributed by atoms with E-state index in [1.54, 1.807) is 37.3 Å². The van der Waals surface area contributed by atoms with Crippen molar-refractivity contribution in [1.29, 1.82) is 0 Å². The summed E-state index contributed by atoms with van der Waals surface area (Å²) >= 11 is 12.2. The van der Waals surface area contributed by atoms with Gasteiger partial charge in [0, 0.05) is 10.0 Å². The molecule has 1 N–H and O–H groups in total. The molecule has 1 aliphatic rings. The molecule has 1 amide bonds.